The molecule has 1 aromatic rings. The number of nitrogens with zero attached hydrogens (tertiary/aromatic N) is 1. The number of nitrogen functional groups attached to an aromatic ring is 1. The van der Waals surface area contributed by atoms with Crippen LogP contribution in [-0.4, -0.2) is 39.6 Å². The van der Waals surface area contributed by atoms with Gasteiger partial charge in [-0.3, -0.25) is 4.90 Å². The smallest absolute Gasteiger partial charge is 0.338 e. The predicted molar refractivity (Wildman–Crippen MR) is 79.6 cm³/mol. The van der Waals surface area contributed by atoms with E-state index in [-0.39, 0.29) is 10.3 Å². The second-order valence-corrected chi connectivity index (χ2v) is 7.31. The van der Waals surface area contributed by atoms with Crippen LogP contribution in [-0.2, 0) is 6.54 Å². The number of hydrogen-bond acceptors (Lipinski definition) is 4. The van der Waals surface area contributed by atoms with Crippen molar-refractivity contribution in [1.29, 1.82) is 0 Å². The Hall–Kier alpha value is -1.20. The number of carbonyl (C=O) groups is 1. The third-order valence-electron chi connectivity index (χ3n) is 3.30. The van der Waals surface area contributed by atoms with Gasteiger partial charge >= 0.3 is 5.97 Å². The molecular weight excluding hydrogens is 260 g/mol. The molecular formula is C14H20N2O2S. The van der Waals surface area contributed by atoms with Gasteiger partial charge in [-0.15, -0.1) is 0 Å². The lowest BCUT2D eigenvalue weighted by atomic mass is 10.0. The summed E-state index contributed by atoms with van der Waals surface area (Å²) in [5, 5.41) is 9.28. The van der Waals surface area contributed by atoms with E-state index in [1.54, 1.807) is 6.07 Å². The molecule has 1 aliphatic heterocycles. The molecule has 0 bridgehead atoms. The quantitative estimate of drug-likeness (QED) is 0.832. The van der Waals surface area contributed by atoms with Gasteiger partial charge in [-0.25, -0.2) is 4.79 Å². The minimum atomic E-state index is -0.946. The average Bonchev–Trinajstić information content (AvgIpc) is 2.26. The summed E-state index contributed by atoms with van der Waals surface area (Å²) in [6.07, 6.45) is 0. The number of carboxylic acids is 1. The van der Waals surface area contributed by atoms with Crippen molar-refractivity contribution < 1.29 is 9.90 Å². The Morgan fingerprint density at radius 3 is 2.89 bits per heavy atom. The van der Waals surface area contributed by atoms with Crippen molar-refractivity contribution in [2.45, 2.75) is 25.1 Å². The third-order valence-corrected chi connectivity index (χ3v) is 4.59. The Kier molecular flexibility index (Phi) is 4.06. The molecule has 2 rings (SSSR count). The summed E-state index contributed by atoms with van der Waals surface area (Å²) in [5.74, 6) is 0.135. The molecule has 5 heteroatoms. The van der Waals surface area contributed by atoms with Crippen LogP contribution in [0.3, 0.4) is 0 Å². The van der Waals surface area contributed by atoms with Crippen LogP contribution in [0.4, 0.5) is 5.69 Å². The Morgan fingerprint density at radius 2 is 2.26 bits per heavy atom. The van der Waals surface area contributed by atoms with Gasteiger partial charge in [0.05, 0.1) is 5.56 Å². The number of thioether (sulfide) groups is 1. The van der Waals surface area contributed by atoms with Crippen molar-refractivity contribution in [1.82, 2.24) is 4.90 Å². The lowest BCUT2D eigenvalue weighted by Gasteiger charge is -2.37. The fourth-order valence-electron chi connectivity index (χ4n) is 2.50. The summed E-state index contributed by atoms with van der Waals surface area (Å²) in [6.45, 7) is 7.05. The first kappa shape index (κ1) is 14.2. The Bertz CT molecular complexity index is 488. The third kappa shape index (κ3) is 3.42. The number of aromatic carboxylic acids is 1. The van der Waals surface area contributed by atoms with Gasteiger partial charge in [0.15, 0.2) is 0 Å². The topological polar surface area (TPSA) is 66.6 Å². The molecule has 0 saturated carbocycles. The molecule has 0 amide bonds. The number of carboxylic acid groups (broad SMARTS) is 1. The lowest BCUT2D eigenvalue weighted by Crippen LogP contribution is -2.42. The van der Waals surface area contributed by atoms with Crippen LogP contribution in [0.15, 0.2) is 18.2 Å². The molecule has 1 aliphatic rings. The van der Waals surface area contributed by atoms with Gasteiger partial charge in [-0.05, 0) is 25.5 Å². The van der Waals surface area contributed by atoms with Crippen molar-refractivity contribution in [2.75, 3.05) is 24.6 Å². The Labute approximate surface area is 118 Å². The molecule has 4 nitrogen and oxygen atoms in total. The maximum absolute atomic E-state index is 11.3. The van der Waals surface area contributed by atoms with E-state index in [9.17, 15) is 9.90 Å². The molecule has 1 aromatic carbocycles. The highest BCUT2D eigenvalue weighted by atomic mass is 32.2. The standard InChI is InChI=1S/C14H20N2O2S/c1-14(2)9-16(6-7-19-14)8-10-4-3-5-11(15)12(10)13(17)18/h3-5H,6-9,15H2,1-2H3,(H,17,18). The predicted octanol–water partition coefficient (Wildman–Crippen LogP) is 2.29. The van der Waals surface area contributed by atoms with Crippen molar-refractivity contribution in [3.8, 4) is 0 Å². The van der Waals surface area contributed by atoms with Gasteiger partial charge in [0.1, 0.15) is 0 Å². The van der Waals surface area contributed by atoms with E-state index >= 15 is 0 Å². The number of rotatable bonds is 3. The highest BCUT2D eigenvalue weighted by Crippen LogP contribution is 2.30. The summed E-state index contributed by atoms with van der Waals surface area (Å²) in [5.41, 5.74) is 7.17. The van der Waals surface area contributed by atoms with Gasteiger partial charge in [-0.2, -0.15) is 11.8 Å². The second kappa shape index (κ2) is 5.43. The maximum atomic E-state index is 11.3. The van der Waals surface area contributed by atoms with Crippen molar-refractivity contribution >= 4 is 23.4 Å². The lowest BCUT2D eigenvalue weighted by molar-refractivity contribution is 0.0695. The fraction of sp³-hybridized carbons (Fsp3) is 0.500. The summed E-state index contributed by atoms with van der Waals surface area (Å²) in [6, 6.07) is 5.32. The number of nitrogens with two attached hydrogens (primary N) is 1. The number of anilines is 1. The van der Waals surface area contributed by atoms with E-state index in [1.807, 2.05) is 23.9 Å². The molecule has 0 radical (unpaired) electrons. The molecule has 19 heavy (non-hydrogen) atoms. The molecule has 1 heterocycles. The zero-order chi connectivity index (χ0) is 14.0. The van der Waals surface area contributed by atoms with Crippen molar-refractivity contribution in [3.05, 3.63) is 29.3 Å². The monoisotopic (exact) mass is 280 g/mol. The van der Waals surface area contributed by atoms with Gasteiger partial charge in [0.2, 0.25) is 0 Å². The van der Waals surface area contributed by atoms with Gasteiger partial charge in [0.25, 0.3) is 0 Å². The maximum Gasteiger partial charge on any atom is 0.338 e. The molecule has 104 valence electrons. The van der Waals surface area contributed by atoms with Crippen LogP contribution >= 0.6 is 11.8 Å². The minimum Gasteiger partial charge on any atom is -0.478 e. The molecule has 0 unspecified atom stereocenters. The summed E-state index contributed by atoms with van der Waals surface area (Å²) < 4.78 is 0.224. The molecule has 0 atom stereocenters. The normalized spacial score (nSPS) is 19.3. The molecule has 1 fully saturated rings. The number of benzene rings is 1. The van der Waals surface area contributed by atoms with Crippen molar-refractivity contribution in [2.24, 2.45) is 0 Å². The number of hydrogen-bond donors (Lipinski definition) is 2. The molecule has 1 saturated heterocycles. The highest BCUT2D eigenvalue weighted by molar-refractivity contribution is 8.00. The molecule has 0 spiro atoms. The first-order chi connectivity index (χ1) is 8.89. The van der Waals surface area contributed by atoms with Crippen LogP contribution in [0.2, 0.25) is 0 Å². The van der Waals surface area contributed by atoms with Crippen LogP contribution in [0.1, 0.15) is 29.8 Å². The van der Waals surface area contributed by atoms with Gasteiger partial charge in [-0.1, -0.05) is 12.1 Å². The van der Waals surface area contributed by atoms with Crippen LogP contribution in [0.25, 0.3) is 0 Å². The summed E-state index contributed by atoms with van der Waals surface area (Å²) in [7, 11) is 0. The highest BCUT2D eigenvalue weighted by Gasteiger charge is 2.27. The average molecular weight is 280 g/mol. The summed E-state index contributed by atoms with van der Waals surface area (Å²) in [4.78, 5) is 13.6. The van der Waals surface area contributed by atoms with E-state index in [1.165, 1.54) is 0 Å². The van der Waals surface area contributed by atoms with E-state index in [0.717, 1.165) is 24.4 Å². The van der Waals surface area contributed by atoms with E-state index in [2.05, 4.69) is 18.7 Å². The molecule has 0 aliphatic carbocycles. The van der Waals surface area contributed by atoms with Crippen molar-refractivity contribution in [3.63, 3.8) is 0 Å². The zero-order valence-corrected chi connectivity index (χ0v) is 12.2. The van der Waals surface area contributed by atoms with Gasteiger partial charge in [0, 0.05) is 35.8 Å². The Balaban J connectivity index is 2.19. The summed E-state index contributed by atoms with van der Waals surface area (Å²) >= 11 is 1.97. The zero-order valence-electron chi connectivity index (χ0n) is 11.3. The van der Waals surface area contributed by atoms with Crippen LogP contribution < -0.4 is 5.73 Å². The minimum absolute atomic E-state index is 0.224. The molecule has 0 aromatic heterocycles. The van der Waals surface area contributed by atoms with Crippen LogP contribution in [0, 0.1) is 0 Å². The van der Waals surface area contributed by atoms with E-state index in [0.29, 0.717) is 12.2 Å². The van der Waals surface area contributed by atoms with E-state index < -0.39 is 5.97 Å². The SMILES string of the molecule is CC1(C)CN(Cc2cccc(N)c2C(=O)O)CCS1. The second-order valence-electron chi connectivity index (χ2n) is 5.51. The largest absolute Gasteiger partial charge is 0.478 e. The first-order valence-corrected chi connectivity index (χ1v) is 7.34. The van der Waals surface area contributed by atoms with Crippen LogP contribution in [0.5, 0.6) is 0 Å². The fourth-order valence-corrected chi connectivity index (χ4v) is 3.68. The Morgan fingerprint density at radius 1 is 1.53 bits per heavy atom. The molecule has 3 N–H and O–H groups in total. The van der Waals surface area contributed by atoms with Gasteiger partial charge < -0.3 is 10.8 Å². The first-order valence-electron chi connectivity index (χ1n) is 6.36. The van der Waals surface area contributed by atoms with E-state index in [4.69, 9.17) is 5.73 Å².